The molecule has 0 aliphatic heterocycles. The number of nitrogens with zero attached hydrogens (tertiary/aromatic N) is 3. The van der Waals surface area contributed by atoms with Crippen LogP contribution in [0.2, 0.25) is 0 Å². The van der Waals surface area contributed by atoms with Crippen molar-refractivity contribution in [3.05, 3.63) is 16.3 Å². The number of likely N-dealkylation sites (N-methyl/N-ethyl adjacent to an activating group) is 1. The average Bonchev–Trinajstić information content (AvgIpc) is 3.45. The zero-order valence-corrected chi connectivity index (χ0v) is 17.0. The van der Waals surface area contributed by atoms with E-state index in [1.807, 2.05) is 23.3 Å². The lowest BCUT2D eigenvalue weighted by atomic mass is 9.97. The zero-order chi connectivity index (χ0) is 18.8. The molecule has 7 heteroatoms. The molecule has 2 aliphatic carbocycles. The molecule has 0 aromatic carbocycles. The first kappa shape index (κ1) is 18.6. The largest absolute Gasteiger partial charge is 0.385 e. The number of ether oxygens (including phenoxy) is 1. The van der Waals surface area contributed by atoms with E-state index in [0.717, 1.165) is 35.7 Å². The number of aromatic nitrogens is 2. The van der Waals surface area contributed by atoms with Crippen molar-refractivity contribution in [2.45, 2.75) is 50.9 Å². The number of nitrogens with one attached hydrogen (secondary N) is 1. The molecule has 1 saturated carbocycles. The molecule has 2 aromatic heterocycles. The van der Waals surface area contributed by atoms with E-state index in [-0.39, 0.29) is 5.91 Å². The summed E-state index contributed by atoms with van der Waals surface area (Å²) < 4.78 is 5.03. The van der Waals surface area contributed by atoms with Gasteiger partial charge in [0.05, 0.1) is 11.9 Å². The van der Waals surface area contributed by atoms with Gasteiger partial charge in [0.25, 0.3) is 0 Å². The minimum absolute atomic E-state index is 0.0254. The second-order valence-electron chi connectivity index (χ2n) is 7.62. The SMILES string of the molecule is COCCCNC(=O)CN(C)c1nc(C2CC2)nc2sc3c(c12)CCCC3. The number of methoxy groups -OCH3 is 1. The van der Waals surface area contributed by atoms with Gasteiger partial charge in [0, 0.05) is 38.1 Å². The summed E-state index contributed by atoms with van der Waals surface area (Å²) in [6.07, 6.45) is 7.93. The van der Waals surface area contributed by atoms with Gasteiger partial charge in [-0.3, -0.25) is 4.79 Å². The molecule has 2 aromatic rings. The quantitative estimate of drug-likeness (QED) is 0.704. The molecule has 2 aliphatic rings. The highest BCUT2D eigenvalue weighted by Crippen LogP contribution is 2.43. The van der Waals surface area contributed by atoms with E-state index in [0.29, 0.717) is 25.6 Å². The van der Waals surface area contributed by atoms with E-state index < -0.39 is 0 Å². The first-order valence-corrected chi connectivity index (χ1v) is 10.8. The minimum Gasteiger partial charge on any atom is -0.385 e. The van der Waals surface area contributed by atoms with Crippen LogP contribution in [0.5, 0.6) is 0 Å². The normalized spacial score (nSPS) is 16.4. The topological polar surface area (TPSA) is 67.3 Å². The molecule has 27 heavy (non-hydrogen) atoms. The number of carbonyl (C=O) groups excluding carboxylic acids is 1. The molecule has 0 atom stereocenters. The van der Waals surface area contributed by atoms with Crippen LogP contribution in [-0.4, -0.2) is 49.7 Å². The molecule has 1 fully saturated rings. The lowest BCUT2D eigenvalue weighted by Crippen LogP contribution is -2.36. The first-order valence-electron chi connectivity index (χ1n) is 9.96. The predicted molar refractivity (Wildman–Crippen MR) is 109 cm³/mol. The molecule has 0 unspecified atom stereocenters. The molecular weight excluding hydrogens is 360 g/mol. The van der Waals surface area contributed by atoms with Crippen LogP contribution in [0, 0.1) is 0 Å². The number of fused-ring (bicyclic) bond motifs is 3. The van der Waals surface area contributed by atoms with Gasteiger partial charge in [-0.05, 0) is 50.5 Å². The fourth-order valence-corrected chi connectivity index (χ4v) is 5.01. The van der Waals surface area contributed by atoms with Crippen LogP contribution in [0.3, 0.4) is 0 Å². The molecule has 6 nitrogen and oxygen atoms in total. The van der Waals surface area contributed by atoms with Gasteiger partial charge in [0.2, 0.25) is 5.91 Å². The Bertz CT molecular complexity index is 831. The third-order valence-corrected chi connectivity index (χ3v) is 6.53. The third-order valence-electron chi connectivity index (χ3n) is 5.35. The van der Waals surface area contributed by atoms with Crippen LogP contribution in [0.15, 0.2) is 0 Å². The maximum atomic E-state index is 12.3. The van der Waals surface area contributed by atoms with Gasteiger partial charge in [0.1, 0.15) is 16.5 Å². The van der Waals surface area contributed by atoms with E-state index in [4.69, 9.17) is 14.7 Å². The molecule has 0 spiro atoms. The van der Waals surface area contributed by atoms with E-state index in [2.05, 4.69) is 5.32 Å². The molecular formula is C20H28N4O2S. The Morgan fingerprint density at radius 3 is 2.89 bits per heavy atom. The fourth-order valence-electron chi connectivity index (χ4n) is 3.75. The third kappa shape index (κ3) is 4.09. The summed E-state index contributed by atoms with van der Waals surface area (Å²) in [6.45, 7) is 1.61. The Labute approximate surface area is 164 Å². The van der Waals surface area contributed by atoms with E-state index >= 15 is 0 Å². The van der Waals surface area contributed by atoms with Crippen molar-refractivity contribution in [1.29, 1.82) is 0 Å². The second-order valence-corrected chi connectivity index (χ2v) is 8.71. The van der Waals surface area contributed by atoms with Crippen LogP contribution in [0.1, 0.15) is 54.3 Å². The van der Waals surface area contributed by atoms with Gasteiger partial charge >= 0.3 is 0 Å². The highest BCUT2D eigenvalue weighted by molar-refractivity contribution is 7.19. The molecule has 0 radical (unpaired) electrons. The zero-order valence-electron chi connectivity index (χ0n) is 16.2. The smallest absolute Gasteiger partial charge is 0.239 e. The van der Waals surface area contributed by atoms with Crippen LogP contribution in [0.4, 0.5) is 5.82 Å². The number of thiophene rings is 1. The number of hydrogen-bond donors (Lipinski definition) is 1. The molecule has 0 saturated heterocycles. The minimum atomic E-state index is 0.0254. The van der Waals surface area contributed by atoms with Crippen molar-refractivity contribution in [2.75, 3.05) is 38.8 Å². The number of rotatable bonds is 8. The van der Waals surface area contributed by atoms with E-state index in [1.165, 1.54) is 41.5 Å². The molecule has 4 rings (SSSR count). The van der Waals surface area contributed by atoms with Crippen molar-refractivity contribution in [1.82, 2.24) is 15.3 Å². The molecule has 1 amide bonds. The van der Waals surface area contributed by atoms with Crippen LogP contribution >= 0.6 is 11.3 Å². The van der Waals surface area contributed by atoms with Crippen molar-refractivity contribution in [3.8, 4) is 0 Å². The highest BCUT2D eigenvalue weighted by atomic mass is 32.1. The van der Waals surface area contributed by atoms with Gasteiger partial charge in [-0.25, -0.2) is 9.97 Å². The number of anilines is 1. The van der Waals surface area contributed by atoms with Gasteiger partial charge in [-0.15, -0.1) is 11.3 Å². The van der Waals surface area contributed by atoms with Gasteiger partial charge in [-0.2, -0.15) is 0 Å². The Balaban J connectivity index is 1.59. The fraction of sp³-hybridized carbons (Fsp3) is 0.650. The summed E-state index contributed by atoms with van der Waals surface area (Å²) in [6, 6.07) is 0. The maximum Gasteiger partial charge on any atom is 0.239 e. The maximum absolute atomic E-state index is 12.3. The lowest BCUT2D eigenvalue weighted by molar-refractivity contribution is -0.119. The number of aryl methyl sites for hydroxylation is 2. The summed E-state index contributed by atoms with van der Waals surface area (Å²) in [5.74, 6) is 2.43. The van der Waals surface area contributed by atoms with Gasteiger partial charge < -0.3 is 15.0 Å². The lowest BCUT2D eigenvalue weighted by Gasteiger charge is -2.21. The Hall–Kier alpha value is -1.73. The van der Waals surface area contributed by atoms with Crippen LogP contribution in [0.25, 0.3) is 10.2 Å². The summed E-state index contributed by atoms with van der Waals surface area (Å²) in [5.41, 5.74) is 1.42. The Morgan fingerprint density at radius 2 is 2.11 bits per heavy atom. The van der Waals surface area contributed by atoms with Gasteiger partial charge in [0.15, 0.2) is 0 Å². The summed E-state index contributed by atoms with van der Waals surface area (Å²) >= 11 is 1.84. The number of carbonyl (C=O) groups is 1. The predicted octanol–water partition coefficient (Wildman–Crippen LogP) is 3.04. The second kappa shape index (κ2) is 8.10. The van der Waals surface area contributed by atoms with Crippen molar-refractivity contribution < 1.29 is 9.53 Å². The molecule has 0 bridgehead atoms. The summed E-state index contributed by atoms with van der Waals surface area (Å²) in [5, 5.41) is 4.16. The van der Waals surface area contributed by atoms with Crippen LogP contribution in [-0.2, 0) is 22.4 Å². The molecule has 1 N–H and O–H groups in total. The summed E-state index contributed by atoms with van der Waals surface area (Å²) in [7, 11) is 3.65. The Kier molecular flexibility index (Phi) is 5.59. The van der Waals surface area contributed by atoms with Crippen molar-refractivity contribution >= 4 is 33.3 Å². The number of amides is 1. The monoisotopic (exact) mass is 388 g/mol. The number of hydrogen-bond acceptors (Lipinski definition) is 6. The van der Waals surface area contributed by atoms with E-state index in [9.17, 15) is 4.79 Å². The van der Waals surface area contributed by atoms with E-state index in [1.54, 1.807) is 7.11 Å². The Morgan fingerprint density at radius 1 is 1.30 bits per heavy atom. The standard InChI is InChI=1S/C20H28N4O2S/c1-24(12-16(25)21-10-5-11-26-2)19-17-14-6-3-4-7-15(14)27-20(17)23-18(22-19)13-8-9-13/h13H,3-12H2,1-2H3,(H,21,25). The summed E-state index contributed by atoms with van der Waals surface area (Å²) in [4.78, 5) is 26.8. The van der Waals surface area contributed by atoms with Gasteiger partial charge in [-0.1, -0.05) is 0 Å². The van der Waals surface area contributed by atoms with Crippen LogP contribution < -0.4 is 10.2 Å². The van der Waals surface area contributed by atoms with Crippen molar-refractivity contribution in [3.63, 3.8) is 0 Å². The average molecular weight is 389 g/mol. The molecule has 146 valence electrons. The van der Waals surface area contributed by atoms with Crippen molar-refractivity contribution in [2.24, 2.45) is 0 Å². The first-order chi connectivity index (χ1) is 13.2. The highest BCUT2D eigenvalue weighted by Gasteiger charge is 2.30. The molecule has 2 heterocycles.